The first-order valence-electron chi connectivity index (χ1n) is 10.5. The number of carbonyl (C=O) groups is 2. The molecule has 2 N–H and O–H groups in total. The zero-order valence-electron chi connectivity index (χ0n) is 18.5. The molecule has 1 aromatic carbocycles. The third-order valence-corrected chi connectivity index (χ3v) is 4.91. The molecule has 0 fully saturated rings. The first-order valence-corrected chi connectivity index (χ1v) is 10.5. The van der Waals surface area contributed by atoms with Crippen molar-refractivity contribution in [1.82, 2.24) is 20.2 Å². The van der Waals surface area contributed by atoms with Crippen LogP contribution in [0.3, 0.4) is 0 Å². The molecule has 3 aromatic rings. The summed E-state index contributed by atoms with van der Waals surface area (Å²) in [5.41, 5.74) is 3.96. The van der Waals surface area contributed by atoms with Crippen LogP contribution >= 0.6 is 0 Å². The minimum Gasteiger partial charge on any atom is -0.454 e. The molecule has 0 aliphatic carbocycles. The zero-order chi connectivity index (χ0) is 23.2. The smallest absolute Gasteiger partial charge is 0.325 e. The van der Waals surface area contributed by atoms with E-state index in [1.165, 1.54) is 0 Å². The van der Waals surface area contributed by atoms with E-state index in [0.29, 0.717) is 30.3 Å². The van der Waals surface area contributed by atoms with Gasteiger partial charge in [-0.25, -0.2) is 4.79 Å². The highest BCUT2D eigenvalue weighted by molar-refractivity contribution is 6.01. The number of hydrogen-bond acceptors (Lipinski definition) is 7. The van der Waals surface area contributed by atoms with E-state index >= 15 is 0 Å². The molecule has 3 heterocycles. The van der Waals surface area contributed by atoms with Crippen LogP contribution in [0.15, 0.2) is 54.6 Å². The Morgan fingerprint density at radius 3 is 2.18 bits per heavy atom. The second-order valence-corrected chi connectivity index (χ2v) is 7.76. The lowest BCUT2D eigenvalue weighted by Crippen LogP contribution is -2.41. The Labute approximate surface area is 191 Å². The Balaban J connectivity index is 1.39. The van der Waals surface area contributed by atoms with Gasteiger partial charge < -0.3 is 14.8 Å². The number of nitrogens with one attached hydrogen (secondary N) is 2. The third-order valence-electron chi connectivity index (χ3n) is 4.91. The average molecular weight is 447 g/mol. The molecule has 0 atom stereocenters. The summed E-state index contributed by atoms with van der Waals surface area (Å²) in [6, 6.07) is 15.9. The van der Waals surface area contributed by atoms with Crippen LogP contribution in [0, 0.1) is 13.8 Å². The number of ether oxygens (including phenoxy) is 2. The first kappa shape index (κ1) is 22.2. The van der Waals surface area contributed by atoms with Gasteiger partial charge in [-0.15, -0.1) is 0 Å². The Kier molecular flexibility index (Phi) is 6.80. The number of carbonyl (C=O) groups excluding carboxylic acids is 2. The zero-order valence-corrected chi connectivity index (χ0v) is 18.5. The summed E-state index contributed by atoms with van der Waals surface area (Å²) in [4.78, 5) is 36.0. The van der Waals surface area contributed by atoms with Crippen molar-refractivity contribution in [2.24, 2.45) is 0 Å². The van der Waals surface area contributed by atoms with Crippen LogP contribution in [0.2, 0.25) is 0 Å². The van der Waals surface area contributed by atoms with E-state index in [1.54, 1.807) is 18.2 Å². The van der Waals surface area contributed by atoms with E-state index in [1.807, 2.05) is 55.1 Å². The quantitative estimate of drug-likeness (QED) is 0.573. The van der Waals surface area contributed by atoms with Crippen molar-refractivity contribution in [3.8, 4) is 11.5 Å². The molecule has 0 bridgehead atoms. The lowest BCUT2D eigenvalue weighted by atomic mass is 10.2. The SMILES string of the molecule is Cc1cccc(CN(CC(=O)NC(=O)Nc2ccc3c(c2)OCO3)Cc2cccc(C)n2)n1. The fourth-order valence-electron chi connectivity index (χ4n) is 3.51. The van der Waals surface area contributed by atoms with Gasteiger partial charge in [0, 0.05) is 36.2 Å². The van der Waals surface area contributed by atoms with Gasteiger partial charge in [0.25, 0.3) is 0 Å². The number of imide groups is 1. The van der Waals surface area contributed by atoms with Crippen LogP contribution in [0.4, 0.5) is 10.5 Å². The maximum absolute atomic E-state index is 12.7. The maximum Gasteiger partial charge on any atom is 0.325 e. The summed E-state index contributed by atoms with van der Waals surface area (Å²) in [5.74, 6) is 0.720. The third kappa shape index (κ3) is 6.27. The minimum absolute atomic E-state index is 0.000196. The molecule has 4 rings (SSSR count). The number of benzene rings is 1. The largest absolute Gasteiger partial charge is 0.454 e. The summed E-state index contributed by atoms with van der Waals surface area (Å²) < 4.78 is 10.6. The van der Waals surface area contributed by atoms with Gasteiger partial charge in [-0.3, -0.25) is 25.0 Å². The molecular weight excluding hydrogens is 422 g/mol. The molecule has 0 unspecified atom stereocenters. The van der Waals surface area contributed by atoms with Crippen LogP contribution in [-0.4, -0.2) is 40.1 Å². The average Bonchev–Trinajstić information content (AvgIpc) is 3.21. The van der Waals surface area contributed by atoms with E-state index < -0.39 is 11.9 Å². The minimum atomic E-state index is -0.624. The van der Waals surface area contributed by atoms with Crippen LogP contribution in [0.25, 0.3) is 0 Å². The highest BCUT2D eigenvalue weighted by Gasteiger charge is 2.17. The second-order valence-electron chi connectivity index (χ2n) is 7.76. The number of rotatable bonds is 7. The van der Waals surface area contributed by atoms with E-state index in [4.69, 9.17) is 9.47 Å². The van der Waals surface area contributed by atoms with Gasteiger partial charge in [-0.05, 0) is 50.2 Å². The standard InChI is InChI=1S/C24H25N5O4/c1-16-5-3-7-19(25-16)12-29(13-20-8-4-6-17(2)26-20)14-23(30)28-24(31)27-18-9-10-21-22(11-18)33-15-32-21/h3-11H,12-15H2,1-2H3,(H2,27,28,30,31). The van der Waals surface area contributed by atoms with E-state index in [9.17, 15) is 9.59 Å². The Morgan fingerprint density at radius 1 is 0.909 bits per heavy atom. The predicted molar refractivity (Wildman–Crippen MR) is 122 cm³/mol. The molecule has 0 saturated heterocycles. The molecule has 0 saturated carbocycles. The van der Waals surface area contributed by atoms with Gasteiger partial charge in [0.15, 0.2) is 11.5 Å². The fraction of sp³-hybridized carbons (Fsp3) is 0.250. The van der Waals surface area contributed by atoms with E-state index in [-0.39, 0.29) is 13.3 Å². The molecule has 1 aliphatic heterocycles. The Hall–Kier alpha value is -3.98. The number of pyridine rings is 2. The van der Waals surface area contributed by atoms with Crippen LogP contribution < -0.4 is 20.1 Å². The number of aryl methyl sites for hydroxylation is 2. The van der Waals surface area contributed by atoms with Gasteiger partial charge in [0.2, 0.25) is 12.7 Å². The highest BCUT2D eigenvalue weighted by Crippen LogP contribution is 2.34. The maximum atomic E-state index is 12.7. The van der Waals surface area contributed by atoms with Gasteiger partial charge in [-0.1, -0.05) is 12.1 Å². The van der Waals surface area contributed by atoms with Crippen molar-refractivity contribution in [3.05, 3.63) is 77.4 Å². The molecule has 3 amide bonds. The fourth-order valence-corrected chi connectivity index (χ4v) is 3.51. The topological polar surface area (TPSA) is 106 Å². The summed E-state index contributed by atoms with van der Waals surface area (Å²) >= 11 is 0. The Bertz CT molecular complexity index is 1120. The second kappa shape index (κ2) is 10.1. The molecule has 0 spiro atoms. The van der Waals surface area contributed by atoms with Gasteiger partial charge in [0.1, 0.15) is 0 Å². The summed E-state index contributed by atoms with van der Waals surface area (Å²) in [5, 5.41) is 5.02. The molecular formula is C24H25N5O4. The highest BCUT2D eigenvalue weighted by atomic mass is 16.7. The monoisotopic (exact) mass is 447 g/mol. The number of fused-ring (bicyclic) bond motifs is 1. The van der Waals surface area contributed by atoms with Gasteiger partial charge in [-0.2, -0.15) is 0 Å². The first-order chi connectivity index (χ1) is 15.9. The number of amides is 3. The molecule has 170 valence electrons. The summed E-state index contributed by atoms with van der Waals surface area (Å²) in [6.07, 6.45) is 0. The molecule has 0 radical (unpaired) electrons. The van der Waals surface area contributed by atoms with Gasteiger partial charge in [0.05, 0.1) is 17.9 Å². The predicted octanol–water partition coefficient (Wildman–Crippen LogP) is 3.17. The van der Waals surface area contributed by atoms with E-state index in [0.717, 1.165) is 22.8 Å². The van der Waals surface area contributed by atoms with Crippen molar-refractivity contribution in [2.45, 2.75) is 26.9 Å². The van der Waals surface area contributed by atoms with Crippen LogP contribution in [0.5, 0.6) is 11.5 Å². The van der Waals surface area contributed by atoms with Gasteiger partial charge >= 0.3 is 6.03 Å². The number of nitrogens with zero attached hydrogens (tertiary/aromatic N) is 3. The lowest BCUT2D eigenvalue weighted by Gasteiger charge is -2.21. The van der Waals surface area contributed by atoms with Crippen LogP contribution in [0.1, 0.15) is 22.8 Å². The Morgan fingerprint density at radius 2 is 1.55 bits per heavy atom. The van der Waals surface area contributed by atoms with Crippen molar-refractivity contribution in [3.63, 3.8) is 0 Å². The molecule has 1 aliphatic rings. The lowest BCUT2D eigenvalue weighted by molar-refractivity contribution is -0.121. The van der Waals surface area contributed by atoms with E-state index in [2.05, 4.69) is 20.6 Å². The number of urea groups is 1. The molecule has 9 nitrogen and oxygen atoms in total. The summed E-state index contributed by atoms with van der Waals surface area (Å²) in [6.45, 7) is 4.86. The summed E-state index contributed by atoms with van der Waals surface area (Å²) in [7, 11) is 0. The number of aromatic nitrogens is 2. The van der Waals surface area contributed by atoms with Crippen molar-refractivity contribution >= 4 is 17.6 Å². The van der Waals surface area contributed by atoms with Crippen molar-refractivity contribution < 1.29 is 19.1 Å². The number of anilines is 1. The van der Waals surface area contributed by atoms with Crippen molar-refractivity contribution in [2.75, 3.05) is 18.7 Å². The number of hydrogen-bond donors (Lipinski definition) is 2. The van der Waals surface area contributed by atoms with Crippen molar-refractivity contribution in [1.29, 1.82) is 0 Å². The van der Waals surface area contributed by atoms with Crippen LogP contribution in [-0.2, 0) is 17.9 Å². The normalized spacial score (nSPS) is 12.0. The molecule has 33 heavy (non-hydrogen) atoms. The molecule has 2 aromatic heterocycles. The molecule has 9 heteroatoms.